The highest BCUT2D eigenvalue weighted by Gasteiger charge is 2.38. The molecular formula is C24H20N2O8S. The number of carboxylic acids is 4. The minimum atomic E-state index is -1.58. The van der Waals surface area contributed by atoms with Crippen molar-refractivity contribution in [1.82, 2.24) is 0 Å². The molecule has 2 heterocycles. The molecule has 4 rings (SSSR count). The summed E-state index contributed by atoms with van der Waals surface area (Å²) in [6.07, 6.45) is 2.31. The number of hydrogen-bond donors (Lipinski definition) is 6. The second-order valence-electron chi connectivity index (χ2n) is 8.51. The first-order chi connectivity index (χ1) is 16.3. The second kappa shape index (κ2) is 8.20. The molecular weight excluding hydrogens is 476 g/mol. The van der Waals surface area contributed by atoms with Crippen LogP contribution in [0.4, 0.5) is 11.4 Å². The van der Waals surface area contributed by atoms with Gasteiger partial charge in [0.2, 0.25) is 0 Å². The average molecular weight is 496 g/mol. The standard InChI is InChI=1S/C24H20N2O8S/c1-23(21(31)32)9-15(19(27)28)13-7-11(3-5-17(13)25-23)35-12-4-6-18-14(8-12)16(20(29)30)10-24(2,26-18)22(33)34/h3-10,25-26H,1-2H3,(H,27,28)(H,29,30)(H,31,32)(H,33,34). The molecule has 2 aliphatic heterocycles. The first-order valence-corrected chi connectivity index (χ1v) is 11.1. The van der Waals surface area contributed by atoms with Crippen LogP contribution in [0.5, 0.6) is 0 Å². The zero-order valence-electron chi connectivity index (χ0n) is 18.4. The third-order valence-corrected chi connectivity index (χ3v) is 6.78. The van der Waals surface area contributed by atoms with E-state index in [1.807, 2.05) is 0 Å². The topological polar surface area (TPSA) is 173 Å². The maximum Gasteiger partial charge on any atom is 0.336 e. The second-order valence-corrected chi connectivity index (χ2v) is 9.66. The van der Waals surface area contributed by atoms with Crippen molar-refractivity contribution in [2.24, 2.45) is 0 Å². The van der Waals surface area contributed by atoms with Gasteiger partial charge in [0.05, 0.1) is 11.1 Å². The van der Waals surface area contributed by atoms with Crippen LogP contribution in [0.3, 0.4) is 0 Å². The van der Waals surface area contributed by atoms with Crippen LogP contribution >= 0.6 is 11.8 Å². The van der Waals surface area contributed by atoms with E-state index in [0.29, 0.717) is 32.3 Å². The predicted molar refractivity (Wildman–Crippen MR) is 128 cm³/mol. The molecule has 2 atom stereocenters. The van der Waals surface area contributed by atoms with Gasteiger partial charge in [0, 0.05) is 32.3 Å². The molecule has 0 spiro atoms. The highest BCUT2D eigenvalue weighted by molar-refractivity contribution is 7.99. The van der Waals surface area contributed by atoms with Crippen molar-refractivity contribution in [3.63, 3.8) is 0 Å². The zero-order valence-corrected chi connectivity index (χ0v) is 19.3. The molecule has 180 valence electrons. The maximum absolute atomic E-state index is 11.9. The van der Waals surface area contributed by atoms with Crippen LogP contribution in [-0.4, -0.2) is 55.4 Å². The summed E-state index contributed by atoms with van der Waals surface area (Å²) < 4.78 is 0. The first-order valence-electron chi connectivity index (χ1n) is 10.2. The summed E-state index contributed by atoms with van der Waals surface area (Å²) in [5.74, 6) is -4.96. The smallest absolute Gasteiger partial charge is 0.336 e. The van der Waals surface area contributed by atoms with Crippen LogP contribution in [0.2, 0.25) is 0 Å². The molecule has 0 saturated carbocycles. The Morgan fingerprint density at radius 3 is 1.37 bits per heavy atom. The van der Waals surface area contributed by atoms with Crippen molar-refractivity contribution in [2.45, 2.75) is 34.7 Å². The monoisotopic (exact) mass is 496 g/mol. The molecule has 0 bridgehead atoms. The van der Waals surface area contributed by atoms with Gasteiger partial charge in [0.25, 0.3) is 0 Å². The van der Waals surface area contributed by atoms with Gasteiger partial charge in [-0.2, -0.15) is 0 Å². The summed E-state index contributed by atoms with van der Waals surface area (Å²) in [7, 11) is 0. The maximum atomic E-state index is 11.9. The number of fused-ring (bicyclic) bond motifs is 2. The Morgan fingerprint density at radius 2 is 1.06 bits per heavy atom. The van der Waals surface area contributed by atoms with Gasteiger partial charge < -0.3 is 31.1 Å². The fraction of sp³-hybridized carbons (Fsp3) is 0.167. The summed E-state index contributed by atoms with van der Waals surface area (Å²) >= 11 is 1.24. The Bertz CT molecular complexity index is 1280. The molecule has 10 nitrogen and oxygen atoms in total. The van der Waals surface area contributed by atoms with E-state index < -0.39 is 35.0 Å². The average Bonchev–Trinajstić information content (AvgIpc) is 2.78. The van der Waals surface area contributed by atoms with Gasteiger partial charge in [-0.05, 0) is 62.4 Å². The summed E-state index contributed by atoms with van der Waals surface area (Å²) in [5.41, 5.74) is -2.09. The predicted octanol–water partition coefficient (Wildman–Crippen LogP) is 3.31. The minimum Gasteiger partial charge on any atom is -0.479 e. The van der Waals surface area contributed by atoms with Gasteiger partial charge in [-0.1, -0.05) is 11.8 Å². The molecule has 35 heavy (non-hydrogen) atoms. The fourth-order valence-corrected chi connectivity index (χ4v) is 4.82. The van der Waals surface area contributed by atoms with Crippen LogP contribution in [0.15, 0.2) is 58.3 Å². The Hall–Kier alpha value is -4.25. The van der Waals surface area contributed by atoms with E-state index in [1.54, 1.807) is 36.4 Å². The minimum absolute atomic E-state index is 0.148. The molecule has 6 N–H and O–H groups in total. The van der Waals surface area contributed by atoms with Crippen molar-refractivity contribution in [3.8, 4) is 0 Å². The number of nitrogens with one attached hydrogen (secondary N) is 2. The Kier molecular flexibility index (Phi) is 5.60. The van der Waals surface area contributed by atoms with Crippen LogP contribution in [0.1, 0.15) is 25.0 Å². The van der Waals surface area contributed by atoms with Crippen molar-refractivity contribution in [1.29, 1.82) is 0 Å². The van der Waals surface area contributed by atoms with Crippen LogP contribution in [0, 0.1) is 0 Å². The third kappa shape index (κ3) is 4.21. The van der Waals surface area contributed by atoms with Gasteiger partial charge in [-0.3, -0.25) is 0 Å². The van der Waals surface area contributed by atoms with Crippen molar-refractivity contribution >= 4 is 58.2 Å². The normalized spacial score (nSPS) is 22.3. The van der Waals surface area contributed by atoms with E-state index in [0.717, 1.165) is 12.2 Å². The van der Waals surface area contributed by atoms with Gasteiger partial charge in [-0.15, -0.1) is 0 Å². The highest BCUT2D eigenvalue weighted by Crippen LogP contribution is 2.41. The lowest BCUT2D eigenvalue weighted by Gasteiger charge is -2.31. The quantitative estimate of drug-likeness (QED) is 0.346. The van der Waals surface area contributed by atoms with E-state index in [4.69, 9.17) is 0 Å². The van der Waals surface area contributed by atoms with E-state index in [2.05, 4.69) is 10.6 Å². The molecule has 11 heteroatoms. The number of carbonyl (C=O) groups is 4. The first kappa shape index (κ1) is 23.9. The molecule has 2 aromatic rings. The lowest BCUT2D eigenvalue weighted by Crippen LogP contribution is -2.44. The lowest BCUT2D eigenvalue weighted by molar-refractivity contribution is -0.141. The van der Waals surface area contributed by atoms with Gasteiger partial charge in [-0.25, -0.2) is 19.2 Å². The summed E-state index contributed by atoms with van der Waals surface area (Å²) in [4.78, 5) is 48.3. The Labute approximate surface area is 203 Å². The lowest BCUT2D eigenvalue weighted by atomic mass is 9.89. The number of benzene rings is 2. The number of anilines is 2. The van der Waals surface area contributed by atoms with E-state index in [9.17, 15) is 39.6 Å². The summed E-state index contributed by atoms with van der Waals surface area (Å²) in [5, 5.41) is 44.0. The molecule has 2 aliphatic rings. The van der Waals surface area contributed by atoms with Gasteiger partial charge in [0.1, 0.15) is 0 Å². The molecule has 2 unspecified atom stereocenters. The molecule has 0 fully saturated rings. The summed E-state index contributed by atoms with van der Waals surface area (Å²) in [6.45, 7) is 2.74. The van der Waals surface area contributed by atoms with E-state index >= 15 is 0 Å². The fourth-order valence-electron chi connectivity index (χ4n) is 3.92. The molecule has 0 amide bonds. The molecule has 0 aliphatic carbocycles. The van der Waals surface area contributed by atoms with E-state index in [1.165, 1.54) is 25.6 Å². The van der Waals surface area contributed by atoms with Crippen molar-refractivity contribution in [3.05, 3.63) is 59.7 Å². The van der Waals surface area contributed by atoms with Gasteiger partial charge >= 0.3 is 23.9 Å². The zero-order chi connectivity index (χ0) is 25.7. The molecule has 0 radical (unpaired) electrons. The number of aliphatic carboxylic acids is 4. The van der Waals surface area contributed by atoms with Crippen molar-refractivity contribution in [2.75, 3.05) is 10.6 Å². The molecule has 0 saturated heterocycles. The van der Waals surface area contributed by atoms with Gasteiger partial charge in [0.15, 0.2) is 11.1 Å². The number of carboxylic acid groups (broad SMARTS) is 4. The molecule has 2 aromatic carbocycles. The SMILES string of the molecule is CC1(C(=O)O)C=C(C(=O)O)c2cc(Sc3ccc4c(c3)C(C(=O)O)=CC(C)(C(=O)O)N4)ccc2N1. The number of hydrogen-bond acceptors (Lipinski definition) is 7. The van der Waals surface area contributed by atoms with Crippen LogP contribution < -0.4 is 10.6 Å². The summed E-state index contributed by atoms with van der Waals surface area (Å²) in [6, 6.07) is 9.79. The van der Waals surface area contributed by atoms with Crippen LogP contribution in [-0.2, 0) is 19.2 Å². The highest BCUT2D eigenvalue weighted by atomic mass is 32.2. The Balaban J connectivity index is 1.71. The largest absolute Gasteiger partial charge is 0.479 e. The number of rotatable bonds is 6. The molecule has 0 aromatic heterocycles. The van der Waals surface area contributed by atoms with Crippen LogP contribution in [0.25, 0.3) is 11.1 Å². The third-order valence-electron chi connectivity index (χ3n) is 5.80. The Morgan fingerprint density at radius 1 is 0.686 bits per heavy atom. The van der Waals surface area contributed by atoms with Crippen molar-refractivity contribution < 1.29 is 39.6 Å². The van der Waals surface area contributed by atoms with E-state index in [-0.39, 0.29) is 11.1 Å².